The second-order valence-corrected chi connectivity index (χ2v) is 7.19. The Hall–Kier alpha value is -2.34. The number of nitrogens with two attached hydrogens (primary N) is 1. The molecule has 6 nitrogen and oxygen atoms in total. The molecule has 130 valence electrons. The first-order valence-corrected chi connectivity index (χ1v) is 8.92. The molecule has 0 bridgehead atoms. The van der Waals surface area contributed by atoms with E-state index < -0.39 is 0 Å². The Balaban J connectivity index is 1.88. The fraction of sp³-hybridized carbons (Fsp3) is 0.389. The van der Waals surface area contributed by atoms with Crippen LogP contribution in [0.1, 0.15) is 19.8 Å². The highest BCUT2D eigenvalue weighted by Gasteiger charge is 2.22. The number of aryl methyl sites for hydroxylation is 1. The molecule has 1 aliphatic heterocycles. The van der Waals surface area contributed by atoms with Crippen molar-refractivity contribution in [1.29, 1.82) is 0 Å². The molecule has 25 heavy (non-hydrogen) atoms. The molecule has 0 aliphatic carbocycles. The number of halogens is 1. The number of nitrogen functional groups attached to an aromatic ring is 1. The molecule has 0 atom stereocenters. The number of fused-ring (bicyclic) bond motifs is 1. The third kappa shape index (κ3) is 2.91. The van der Waals surface area contributed by atoms with Gasteiger partial charge in [-0.25, -0.2) is 4.98 Å². The van der Waals surface area contributed by atoms with Gasteiger partial charge in [0.25, 0.3) is 0 Å². The number of rotatable bonds is 2. The van der Waals surface area contributed by atoms with Gasteiger partial charge in [0.2, 0.25) is 5.95 Å². The van der Waals surface area contributed by atoms with Gasteiger partial charge >= 0.3 is 0 Å². The van der Waals surface area contributed by atoms with Crippen molar-refractivity contribution in [3.63, 3.8) is 0 Å². The number of nitrogens with zero attached hydrogens (tertiary/aromatic N) is 5. The summed E-state index contributed by atoms with van der Waals surface area (Å²) in [5.41, 5.74) is 8.63. The lowest BCUT2D eigenvalue weighted by atomic mass is 9.99. The van der Waals surface area contributed by atoms with E-state index in [0.29, 0.717) is 16.5 Å². The fourth-order valence-corrected chi connectivity index (χ4v) is 3.40. The first-order valence-electron chi connectivity index (χ1n) is 8.54. The van der Waals surface area contributed by atoms with E-state index in [2.05, 4.69) is 21.9 Å². The Labute approximate surface area is 151 Å². The minimum atomic E-state index is 0.568. The molecule has 0 unspecified atom stereocenters. The number of hydrogen-bond acceptors (Lipinski definition) is 5. The third-order valence-electron chi connectivity index (χ3n) is 4.91. The second kappa shape index (κ2) is 6.19. The minimum Gasteiger partial charge on any atom is -0.383 e. The molecule has 3 heterocycles. The van der Waals surface area contributed by atoms with Crippen molar-refractivity contribution in [3.05, 3.63) is 29.3 Å². The molecular weight excluding hydrogens is 336 g/mol. The average molecular weight is 357 g/mol. The lowest BCUT2D eigenvalue weighted by Crippen LogP contribution is -2.34. The molecule has 1 saturated heterocycles. The molecule has 1 aliphatic rings. The fourth-order valence-electron chi connectivity index (χ4n) is 3.27. The van der Waals surface area contributed by atoms with Crippen molar-refractivity contribution in [1.82, 2.24) is 19.7 Å². The van der Waals surface area contributed by atoms with Crippen LogP contribution in [0, 0.1) is 5.92 Å². The number of hydrogen-bond donors (Lipinski definition) is 1. The van der Waals surface area contributed by atoms with Gasteiger partial charge in [-0.05, 0) is 30.9 Å². The van der Waals surface area contributed by atoms with Crippen LogP contribution in [0.2, 0.25) is 5.02 Å². The van der Waals surface area contributed by atoms with E-state index in [4.69, 9.17) is 22.3 Å². The summed E-state index contributed by atoms with van der Waals surface area (Å²) in [6, 6.07) is 7.64. The molecule has 7 heteroatoms. The van der Waals surface area contributed by atoms with Crippen LogP contribution in [0.5, 0.6) is 0 Å². The summed E-state index contributed by atoms with van der Waals surface area (Å²) >= 11 is 6.04. The van der Waals surface area contributed by atoms with Crippen LogP contribution >= 0.6 is 11.6 Å². The predicted molar refractivity (Wildman–Crippen MR) is 102 cm³/mol. The first kappa shape index (κ1) is 16.1. The highest BCUT2D eigenvalue weighted by molar-refractivity contribution is 6.30. The normalized spacial score (nSPS) is 15.9. The van der Waals surface area contributed by atoms with Crippen molar-refractivity contribution in [2.45, 2.75) is 19.8 Å². The summed E-state index contributed by atoms with van der Waals surface area (Å²) < 4.78 is 1.65. The number of benzene rings is 1. The Morgan fingerprint density at radius 1 is 1.12 bits per heavy atom. The van der Waals surface area contributed by atoms with Gasteiger partial charge < -0.3 is 10.6 Å². The second-order valence-electron chi connectivity index (χ2n) is 6.76. The minimum absolute atomic E-state index is 0.568. The lowest BCUT2D eigenvalue weighted by molar-refractivity contribution is 0.435. The number of anilines is 2. The van der Waals surface area contributed by atoms with Gasteiger partial charge in [0, 0.05) is 30.7 Å². The van der Waals surface area contributed by atoms with Crippen molar-refractivity contribution < 1.29 is 0 Å². The summed E-state index contributed by atoms with van der Waals surface area (Å²) in [4.78, 5) is 11.8. The van der Waals surface area contributed by atoms with Gasteiger partial charge in [0.1, 0.15) is 5.82 Å². The summed E-state index contributed by atoms with van der Waals surface area (Å²) in [6.45, 7) is 4.23. The van der Waals surface area contributed by atoms with E-state index in [1.54, 1.807) is 4.68 Å². The van der Waals surface area contributed by atoms with Crippen LogP contribution in [-0.2, 0) is 7.05 Å². The average Bonchev–Trinajstić information content (AvgIpc) is 2.90. The maximum absolute atomic E-state index is 6.23. The van der Waals surface area contributed by atoms with Crippen LogP contribution in [0.15, 0.2) is 24.3 Å². The molecule has 4 rings (SSSR count). The van der Waals surface area contributed by atoms with Crippen molar-refractivity contribution >= 4 is 34.4 Å². The molecule has 0 radical (unpaired) electrons. The highest BCUT2D eigenvalue weighted by Crippen LogP contribution is 2.33. The predicted octanol–water partition coefficient (Wildman–Crippen LogP) is 3.50. The third-order valence-corrected chi connectivity index (χ3v) is 5.16. The topological polar surface area (TPSA) is 72.9 Å². The Kier molecular flexibility index (Phi) is 4.00. The SMILES string of the molecule is CC1CCN(c2nc(-c3ccc(Cl)cc3)c3c(N)n(C)nc3n2)CC1. The largest absolute Gasteiger partial charge is 0.383 e. The molecule has 0 amide bonds. The van der Waals surface area contributed by atoms with Gasteiger partial charge in [-0.2, -0.15) is 10.1 Å². The summed E-state index contributed by atoms with van der Waals surface area (Å²) in [5, 5.41) is 5.96. The zero-order chi connectivity index (χ0) is 17.6. The number of piperidine rings is 1. The molecule has 1 aromatic carbocycles. The van der Waals surface area contributed by atoms with Crippen LogP contribution in [0.25, 0.3) is 22.3 Å². The zero-order valence-electron chi connectivity index (χ0n) is 14.4. The van der Waals surface area contributed by atoms with Crippen LogP contribution in [0.3, 0.4) is 0 Å². The Morgan fingerprint density at radius 3 is 2.48 bits per heavy atom. The molecular formula is C18H21ClN6. The molecule has 0 spiro atoms. The smallest absolute Gasteiger partial charge is 0.228 e. The standard InChI is InChI=1S/C18H21ClN6/c1-11-7-9-25(10-8-11)18-21-15(12-3-5-13(19)6-4-12)14-16(20)24(2)23-17(14)22-18/h3-6,11H,7-10,20H2,1-2H3. The molecule has 1 fully saturated rings. The number of aromatic nitrogens is 4. The maximum atomic E-state index is 6.23. The van der Waals surface area contributed by atoms with Crippen LogP contribution < -0.4 is 10.6 Å². The summed E-state index contributed by atoms with van der Waals surface area (Å²) in [6.07, 6.45) is 2.31. The molecule has 3 aromatic rings. The monoisotopic (exact) mass is 356 g/mol. The Morgan fingerprint density at radius 2 is 1.80 bits per heavy atom. The zero-order valence-corrected chi connectivity index (χ0v) is 15.2. The van der Waals surface area contributed by atoms with E-state index in [1.807, 2.05) is 31.3 Å². The van der Waals surface area contributed by atoms with E-state index in [9.17, 15) is 0 Å². The van der Waals surface area contributed by atoms with E-state index in [0.717, 1.165) is 54.4 Å². The Bertz CT molecular complexity index is 909. The highest BCUT2D eigenvalue weighted by atomic mass is 35.5. The molecule has 2 N–H and O–H groups in total. The maximum Gasteiger partial charge on any atom is 0.228 e. The van der Waals surface area contributed by atoms with Crippen LogP contribution in [-0.4, -0.2) is 32.8 Å². The molecule has 2 aromatic heterocycles. The van der Waals surface area contributed by atoms with Crippen molar-refractivity contribution in [2.24, 2.45) is 13.0 Å². The summed E-state index contributed by atoms with van der Waals surface area (Å²) in [7, 11) is 1.82. The van der Waals surface area contributed by atoms with Crippen molar-refractivity contribution in [2.75, 3.05) is 23.7 Å². The van der Waals surface area contributed by atoms with Gasteiger partial charge in [-0.15, -0.1) is 0 Å². The van der Waals surface area contributed by atoms with Gasteiger partial charge in [-0.1, -0.05) is 30.7 Å². The van der Waals surface area contributed by atoms with Crippen LogP contribution in [0.4, 0.5) is 11.8 Å². The molecule has 0 saturated carbocycles. The van der Waals surface area contributed by atoms with E-state index in [1.165, 1.54) is 0 Å². The van der Waals surface area contributed by atoms with Gasteiger partial charge in [0.15, 0.2) is 5.65 Å². The van der Waals surface area contributed by atoms with Gasteiger partial charge in [0.05, 0.1) is 11.1 Å². The van der Waals surface area contributed by atoms with Crippen molar-refractivity contribution in [3.8, 4) is 11.3 Å². The summed E-state index contributed by atoms with van der Waals surface area (Å²) in [5.74, 6) is 2.04. The first-order chi connectivity index (χ1) is 12.0. The van der Waals surface area contributed by atoms with E-state index >= 15 is 0 Å². The quantitative estimate of drug-likeness (QED) is 0.760. The van der Waals surface area contributed by atoms with Gasteiger partial charge in [-0.3, -0.25) is 4.68 Å². The van der Waals surface area contributed by atoms with E-state index in [-0.39, 0.29) is 0 Å². The lowest BCUT2D eigenvalue weighted by Gasteiger charge is -2.30.